The van der Waals surface area contributed by atoms with Crippen LogP contribution in [0.15, 0.2) is 54.6 Å². The molecule has 0 radical (unpaired) electrons. The van der Waals surface area contributed by atoms with Crippen LogP contribution in [0, 0.1) is 11.8 Å². The van der Waals surface area contributed by atoms with E-state index in [1.54, 1.807) is 24.3 Å². The maximum Gasteiger partial charge on any atom is 0.408 e. The molecule has 1 saturated carbocycles. The largest absolute Gasteiger partial charge is 0.445 e. The second kappa shape index (κ2) is 15.0. The fourth-order valence-electron chi connectivity index (χ4n) is 5.96. The highest BCUT2D eigenvalue weighted by molar-refractivity contribution is 6.30. The zero-order valence-electron chi connectivity index (χ0n) is 23.6. The van der Waals surface area contributed by atoms with Crippen molar-refractivity contribution in [2.75, 3.05) is 6.54 Å². The Morgan fingerprint density at radius 3 is 2.49 bits per heavy atom. The van der Waals surface area contributed by atoms with Gasteiger partial charge in [-0.3, -0.25) is 9.59 Å². The summed E-state index contributed by atoms with van der Waals surface area (Å²) in [5.74, 6) is -0.507. The van der Waals surface area contributed by atoms with Crippen molar-refractivity contribution in [1.29, 1.82) is 0 Å². The van der Waals surface area contributed by atoms with Gasteiger partial charge >= 0.3 is 6.09 Å². The summed E-state index contributed by atoms with van der Waals surface area (Å²) >= 11 is 6.02. The number of hydrogen-bond donors (Lipinski definition) is 2. The number of hydrogen-bond acceptors (Lipinski definition) is 5. The minimum absolute atomic E-state index is 0.0103. The normalized spacial score (nSPS) is 19.7. The van der Waals surface area contributed by atoms with Gasteiger partial charge in [0.1, 0.15) is 18.9 Å². The van der Waals surface area contributed by atoms with Crippen LogP contribution in [0.2, 0.25) is 5.02 Å². The Balaban J connectivity index is 1.35. The summed E-state index contributed by atoms with van der Waals surface area (Å²) < 4.78 is 5.37. The van der Waals surface area contributed by atoms with E-state index in [1.807, 2.05) is 42.2 Å². The Kier molecular flexibility index (Phi) is 11.2. The molecular weight excluding hydrogens is 542 g/mol. The topological polar surface area (TPSA) is 105 Å². The molecule has 2 aliphatic rings. The predicted octanol–water partition coefficient (Wildman–Crippen LogP) is 5.59. The van der Waals surface area contributed by atoms with E-state index in [2.05, 4.69) is 10.6 Å². The van der Waals surface area contributed by atoms with Crippen LogP contribution in [0.25, 0.3) is 0 Å². The SMILES string of the molecule is CC(c1ccccc1)N1CCC(CC(C=O)NC(=O)C(CC2CCCCC2)NC(=O)OCc2cccc(Cl)c2)C1=O. The molecular formula is C32H40ClN3O5. The number of carbonyl (C=O) groups is 4. The van der Waals surface area contributed by atoms with Crippen LogP contribution in [-0.4, -0.2) is 47.7 Å². The van der Waals surface area contributed by atoms with Gasteiger partial charge in [0.2, 0.25) is 11.8 Å². The van der Waals surface area contributed by atoms with Crippen molar-refractivity contribution in [2.24, 2.45) is 11.8 Å². The van der Waals surface area contributed by atoms with Crippen molar-refractivity contribution in [2.45, 2.75) is 83.0 Å². The number of ether oxygens (including phenoxy) is 1. The number of alkyl carbamates (subject to hydrolysis) is 1. The molecule has 41 heavy (non-hydrogen) atoms. The van der Waals surface area contributed by atoms with Gasteiger partial charge in [-0.15, -0.1) is 0 Å². The number of benzene rings is 2. The molecule has 1 aliphatic heterocycles. The zero-order chi connectivity index (χ0) is 29.2. The van der Waals surface area contributed by atoms with Gasteiger partial charge in [0, 0.05) is 17.5 Å². The Morgan fingerprint density at radius 2 is 1.78 bits per heavy atom. The number of halogens is 1. The molecule has 1 heterocycles. The van der Waals surface area contributed by atoms with E-state index < -0.39 is 24.1 Å². The van der Waals surface area contributed by atoms with E-state index in [4.69, 9.17) is 16.3 Å². The number of rotatable bonds is 12. The lowest BCUT2D eigenvalue weighted by Crippen LogP contribution is -2.51. The van der Waals surface area contributed by atoms with E-state index in [9.17, 15) is 19.2 Å². The van der Waals surface area contributed by atoms with Crippen LogP contribution >= 0.6 is 11.6 Å². The highest BCUT2D eigenvalue weighted by Crippen LogP contribution is 2.31. The molecule has 0 bridgehead atoms. The van der Waals surface area contributed by atoms with Gasteiger partial charge in [-0.1, -0.05) is 86.2 Å². The van der Waals surface area contributed by atoms with Crippen molar-refractivity contribution >= 4 is 35.8 Å². The standard InChI is InChI=1S/C32H40ClN3O5/c1-22(25-12-6-3-7-13-25)36-16-15-26(31(36)39)19-28(20-37)34-30(38)29(18-23-9-4-2-5-10-23)35-32(40)41-21-24-11-8-14-27(33)17-24/h3,6-8,11-14,17,20,22-23,26,28-29H,2,4-5,9-10,15-16,18-19,21H2,1H3,(H,34,38)(H,35,40). The van der Waals surface area contributed by atoms with Crippen molar-refractivity contribution in [3.05, 3.63) is 70.7 Å². The Bertz CT molecular complexity index is 1190. The van der Waals surface area contributed by atoms with Crippen molar-refractivity contribution in [3.63, 3.8) is 0 Å². The van der Waals surface area contributed by atoms with Crippen LogP contribution in [0.5, 0.6) is 0 Å². The van der Waals surface area contributed by atoms with Gasteiger partial charge in [0.25, 0.3) is 0 Å². The first-order chi connectivity index (χ1) is 19.8. The highest BCUT2D eigenvalue weighted by Gasteiger charge is 2.37. The highest BCUT2D eigenvalue weighted by atomic mass is 35.5. The molecule has 2 fully saturated rings. The first-order valence-electron chi connectivity index (χ1n) is 14.6. The van der Waals surface area contributed by atoms with Crippen LogP contribution in [0.3, 0.4) is 0 Å². The second-order valence-electron chi connectivity index (χ2n) is 11.2. The second-order valence-corrected chi connectivity index (χ2v) is 11.7. The molecule has 4 rings (SSSR count). The molecule has 9 heteroatoms. The maximum absolute atomic E-state index is 13.4. The molecule has 3 amide bonds. The lowest BCUT2D eigenvalue weighted by Gasteiger charge is -2.28. The molecule has 2 aromatic carbocycles. The first-order valence-corrected chi connectivity index (χ1v) is 15.0. The molecule has 8 nitrogen and oxygen atoms in total. The molecule has 4 atom stereocenters. The maximum atomic E-state index is 13.4. The van der Waals surface area contributed by atoms with E-state index in [-0.39, 0.29) is 30.9 Å². The number of carbonyl (C=O) groups excluding carboxylic acids is 4. The molecule has 220 valence electrons. The third-order valence-corrected chi connectivity index (χ3v) is 8.53. The predicted molar refractivity (Wildman–Crippen MR) is 157 cm³/mol. The number of likely N-dealkylation sites (tertiary alicyclic amines) is 1. The molecule has 0 aromatic heterocycles. The van der Waals surface area contributed by atoms with Gasteiger partial charge in [-0.2, -0.15) is 0 Å². The average Bonchev–Trinajstić information content (AvgIpc) is 3.35. The van der Waals surface area contributed by atoms with Gasteiger partial charge in [0.05, 0.1) is 12.1 Å². The average molecular weight is 582 g/mol. The van der Waals surface area contributed by atoms with Crippen molar-refractivity contribution < 1.29 is 23.9 Å². The minimum atomic E-state index is -0.846. The molecule has 2 N–H and O–H groups in total. The summed E-state index contributed by atoms with van der Waals surface area (Å²) in [6.07, 6.45) is 6.63. The summed E-state index contributed by atoms with van der Waals surface area (Å²) in [6.45, 7) is 2.62. The number of nitrogens with zero attached hydrogens (tertiary/aromatic N) is 1. The fraction of sp³-hybridized carbons (Fsp3) is 0.500. The molecule has 1 saturated heterocycles. The quantitative estimate of drug-likeness (QED) is 0.318. The van der Waals surface area contributed by atoms with Crippen LogP contribution in [0.1, 0.15) is 75.5 Å². The van der Waals surface area contributed by atoms with E-state index in [0.717, 1.165) is 36.8 Å². The summed E-state index contributed by atoms with van der Waals surface area (Å²) in [4.78, 5) is 53.2. The lowest BCUT2D eigenvalue weighted by atomic mass is 9.84. The lowest BCUT2D eigenvalue weighted by molar-refractivity contribution is -0.133. The van der Waals surface area contributed by atoms with E-state index in [1.165, 1.54) is 6.42 Å². The first kappa shape index (κ1) is 30.6. The Labute approximate surface area is 247 Å². The third kappa shape index (κ3) is 8.80. The Morgan fingerprint density at radius 1 is 1.02 bits per heavy atom. The minimum Gasteiger partial charge on any atom is -0.445 e. The Hall–Kier alpha value is -3.39. The number of nitrogens with one attached hydrogen (secondary N) is 2. The van der Waals surface area contributed by atoms with Crippen molar-refractivity contribution in [3.8, 4) is 0 Å². The van der Waals surface area contributed by atoms with Crippen LogP contribution in [-0.2, 0) is 25.7 Å². The summed E-state index contributed by atoms with van der Waals surface area (Å²) in [5.41, 5.74) is 1.79. The van der Waals surface area contributed by atoms with E-state index >= 15 is 0 Å². The zero-order valence-corrected chi connectivity index (χ0v) is 24.4. The third-order valence-electron chi connectivity index (χ3n) is 8.29. The van der Waals surface area contributed by atoms with Crippen molar-refractivity contribution in [1.82, 2.24) is 15.5 Å². The monoisotopic (exact) mass is 581 g/mol. The van der Waals surface area contributed by atoms with Gasteiger partial charge in [-0.05, 0) is 55.4 Å². The van der Waals surface area contributed by atoms with E-state index in [0.29, 0.717) is 36.6 Å². The van der Waals surface area contributed by atoms with Crippen LogP contribution in [0.4, 0.5) is 4.79 Å². The fourth-order valence-corrected chi connectivity index (χ4v) is 6.18. The number of amides is 3. The smallest absolute Gasteiger partial charge is 0.408 e. The molecule has 2 aromatic rings. The van der Waals surface area contributed by atoms with Gasteiger partial charge in [0.15, 0.2) is 0 Å². The number of aldehydes is 1. The molecule has 1 aliphatic carbocycles. The van der Waals surface area contributed by atoms with Gasteiger partial charge in [-0.25, -0.2) is 4.79 Å². The van der Waals surface area contributed by atoms with Gasteiger partial charge < -0.3 is 25.1 Å². The van der Waals surface area contributed by atoms with Crippen LogP contribution < -0.4 is 10.6 Å². The summed E-state index contributed by atoms with van der Waals surface area (Å²) in [5, 5.41) is 6.07. The summed E-state index contributed by atoms with van der Waals surface area (Å²) in [7, 11) is 0. The molecule has 4 unspecified atom stereocenters. The molecule has 0 spiro atoms. The summed E-state index contributed by atoms with van der Waals surface area (Å²) in [6, 6.07) is 15.1.